The molecule has 1 amide bonds. The van der Waals surface area contributed by atoms with Gasteiger partial charge in [-0.15, -0.1) is 0 Å². The van der Waals surface area contributed by atoms with Gasteiger partial charge in [0.05, 0.1) is 10.2 Å². The third-order valence-electron chi connectivity index (χ3n) is 2.65. The van der Waals surface area contributed by atoms with E-state index in [-0.39, 0.29) is 11.7 Å². The number of thiazole rings is 1. The molecule has 0 aliphatic rings. The van der Waals surface area contributed by atoms with Crippen LogP contribution in [0.1, 0.15) is 26.7 Å². The Bertz CT molecular complexity index is 642. The van der Waals surface area contributed by atoms with Gasteiger partial charge in [-0.2, -0.15) is 4.99 Å². The third-order valence-corrected chi connectivity index (χ3v) is 3.69. The average Bonchev–Trinajstić information content (AvgIpc) is 2.65. The first-order valence-corrected chi connectivity index (χ1v) is 6.83. The zero-order valence-corrected chi connectivity index (χ0v) is 11.3. The van der Waals surface area contributed by atoms with Crippen LogP contribution in [0.5, 0.6) is 0 Å². The van der Waals surface area contributed by atoms with Crippen molar-refractivity contribution in [1.82, 2.24) is 4.57 Å². The van der Waals surface area contributed by atoms with Gasteiger partial charge in [-0.05, 0) is 31.5 Å². The number of halogens is 1. The highest BCUT2D eigenvalue weighted by atomic mass is 32.1. The van der Waals surface area contributed by atoms with Gasteiger partial charge in [0.1, 0.15) is 5.82 Å². The van der Waals surface area contributed by atoms with Gasteiger partial charge in [0.15, 0.2) is 4.80 Å². The molecule has 0 fully saturated rings. The van der Waals surface area contributed by atoms with Gasteiger partial charge in [0, 0.05) is 13.0 Å². The molecule has 0 unspecified atom stereocenters. The minimum Gasteiger partial charge on any atom is -0.317 e. The number of amides is 1. The molecule has 0 atom stereocenters. The van der Waals surface area contributed by atoms with Crippen molar-refractivity contribution in [2.24, 2.45) is 4.99 Å². The lowest BCUT2D eigenvalue weighted by molar-refractivity contribution is -0.118. The minimum atomic E-state index is -0.265. The maximum absolute atomic E-state index is 13.2. The summed E-state index contributed by atoms with van der Waals surface area (Å²) in [5, 5.41) is 0. The largest absolute Gasteiger partial charge is 0.317 e. The lowest BCUT2D eigenvalue weighted by atomic mass is 10.3. The van der Waals surface area contributed by atoms with Crippen LogP contribution in [0, 0.1) is 5.82 Å². The third kappa shape index (κ3) is 2.51. The van der Waals surface area contributed by atoms with Crippen LogP contribution in [0.25, 0.3) is 10.2 Å². The predicted octanol–water partition coefficient (Wildman–Crippen LogP) is 3.09. The Morgan fingerprint density at radius 1 is 1.44 bits per heavy atom. The molecule has 1 aromatic heterocycles. The first-order chi connectivity index (χ1) is 8.65. The molecule has 3 nitrogen and oxygen atoms in total. The van der Waals surface area contributed by atoms with Gasteiger partial charge in [-0.3, -0.25) is 4.79 Å². The summed E-state index contributed by atoms with van der Waals surface area (Å²) in [6, 6.07) is 4.64. The topological polar surface area (TPSA) is 34.4 Å². The van der Waals surface area contributed by atoms with Crippen molar-refractivity contribution in [2.75, 3.05) is 0 Å². The normalized spacial score (nSPS) is 12.3. The van der Waals surface area contributed by atoms with E-state index in [1.165, 1.54) is 23.5 Å². The van der Waals surface area contributed by atoms with Crippen LogP contribution < -0.4 is 4.80 Å². The van der Waals surface area contributed by atoms with Crippen molar-refractivity contribution in [3.63, 3.8) is 0 Å². The first-order valence-electron chi connectivity index (χ1n) is 6.02. The predicted molar refractivity (Wildman–Crippen MR) is 70.9 cm³/mol. The van der Waals surface area contributed by atoms with Crippen LogP contribution in [0.15, 0.2) is 23.2 Å². The van der Waals surface area contributed by atoms with E-state index in [1.807, 2.05) is 18.4 Å². The number of hydrogen-bond donors (Lipinski definition) is 0. The fraction of sp³-hybridized carbons (Fsp3) is 0.385. The van der Waals surface area contributed by atoms with Gasteiger partial charge in [-0.25, -0.2) is 4.39 Å². The highest BCUT2D eigenvalue weighted by molar-refractivity contribution is 7.16. The van der Waals surface area contributed by atoms with Crippen LogP contribution in [0.2, 0.25) is 0 Å². The SMILES string of the molecule is CCCC(=O)N=c1sc2cc(F)ccc2n1CC. The fourth-order valence-electron chi connectivity index (χ4n) is 1.81. The van der Waals surface area contributed by atoms with Crippen molar-refractivity contribution >= 4 is 27.5 Å². The van der Waals surface area contributed by atoms with Crippen LogP contribution in [-0.2, 0) is 11.3 Å². The minimum absolute atomic E-state index is 0.119. The lowest BCUT2D eigenvalue weighted by Gasteiger charge is -1.99. The zero-order valence-electron chi connectivity index (χ0n) is 10.4. The number of nitrogens with zero attached hydrogens (tertiary/aromatic N) is 2. The standard InChI is InChI=1S/C13H15FN2OS/c1-3-5-12(17)15-13-16(4-2)10-7-6-9(14)8-11(10)18-13/h6-8H,3-5H2,1-2H3. The van der Waals surface area contributed by atoms with E-state index >= 15 is 0 Å². The van der Waals surface area contributed by atoms with Crippen LogP contribution in [0.3, 0.4) is 0 Å². The van der Waals surface area contributed by atoms with Crippen molar-refractivity contribution < 1.29 is 9.18 Å². The Hall–Kier alpha value is -1.49. The number of fused-ring (bicyclic) bond motifs is 1. The highest BCUT2D eigenvalue weighted by Gasteiger charge is 2.07. The smallest absolute Gasteiger partial charge is 0.248 e. The molecule has 2 rings (SSSR count). The van der Waals surface area contributed by atoms with Crippen molar-refractivity contribution in [1.29, 1.82) is 0 Å². The molecule has 0 aliphatic carbocycles. The van der Waals surface area contributed by atoms with Crippen molar-refractivity contribution in [3.8, 4) is 0 Å². The summed E-state index contributed by atoms with van der Waals surface area (Å²) in [6.07, 6.45) is 1.24. The number of hydrogen-bond acceptors (Lipinski definition) is 2. The number of rotatable bonds is 3. The second-order valence-corrected chi connectivity index (χ2v) is 5.01. The number of carbonyl (C=O) groups excluding carboxylic acids is 1. The summed E-state index contributed by atoms with van der Waals surface area (Å²) in [5.74, 6) is -0.384. The Balaban J connectivity index is 2.60. The number of aromatic nitrogens is 1. The Morgan fingerprint density at radius 3 is 2.89 bits per heavy atom. The monoisotopic (exact) mass is 266 g/mol. The molecule has 5 heteroatoms. The van der Waals surface area contributed by atoms with Gasteiger partial charge in [-0.1, -0.05) is 18.3 Å². The van der Waals surface area contributed by atoms with Crippen molar-refractivity contribution in [2.45, 2.75) is 33.2 Å². The van der Waals surface area contributed by atoms with E-state index in [2.05, 4.69) is 4.99 Å². The summed E-state index contributed by atoms with van der Waals surface area (Å²) in [4.78, 5) is 16.3. The number of aryl methyl sites for hydroxylation is 1. The second-order valence-electron chi connectivity index (χ2n) is 4.00. The summed E-state index contributed by atoms with van der Waals surface area (Å²) in [5.41, 5.74) is 0.923. The number of carbonyl (C=O) groups is 1. The van der Waals surface area contributed by atoms with Crippen LogP contribution >= 0.6 is 11.3 Å². The molecular weight excluding hydrogens is 251 g/mol. The Labute approximate surface area is 109 Å². The summed E-state index contributed by atoms with van der Waals surface area (Å²) in [6.45, 7) is 4.64. The molecule has 18 heavy (non-hydrogen) atoms. The molecule has 2 aromatic rings. The molecule has 0 saturated heterocycles. The molecule has 1 heterocycles. The average molecular weight is 266 g/mol. The molecule has 0 aliphatic heterocycles. The fourth-order valence-corrected chi connectivity index (χ4v) is 2.95. The highest BCUT2D eigenvalue weighted by Crippen LogP contribution is 2.18. The molecule has 0 saturated carbocycles. The van der Waals surface area contributed by atoms with E-state index < -0.39 is 0 Å². The van der Waals surface area contributed by atoms with Gasteiger partial charge in [0.2, 0.25) is 5.91 Å². The van der Waals surface area contributed by atoms with Crippen molar-refractivity contribution in [3.05, 3.63) is 28.8 Å². The summed E-state index contributed by atoms with van der Waals surface area (Å²) >= 11 is 1.35. The molecule has 0 radical (unpaired) electrons. The van der Waals surface area contributed by atoms with E-state index in [0.29, 0.717) is 17.8 Å². The number of benzene rings is 1. The van der Waals surface area contributed by atoms with Gasteiger partial charge >= 0.3 is 0 Å². The summed E-state index contributed by atoms with van der Waals surface area (Å²) < 4.78 is 15.9. The molecule has 0 spiro atoms. The van der Waals surface area contributed by atoms with Crippen LogP contribution in [-0.4, -0.2) is 10.5 Å². The second kappa shape index (κ2) is 5.44. The lowest BCUT2D eigenvalue weighted by Crippen LogP contribution is -2.15. The van der Waals surface area contributed by atoms with Gasteiger partial charge in [0.25, 0.3) is 0 Å². The zero-order chi connectivity index (χ0) is 13.1. The molecular formula is C13H15FN2OS. The summed E-state index contributed by atoms with van der Waals surface area (Å²) in [7, 11) is 0. The van der Waals surface area contributed by atoms with E-state index in [4.69, 9.17) is 0 Å². The van der Waals surface area contributed by atoms with E-state index in [0.717, 1.165) is 16.6 Å². The van der Waals surface area contributed by atoms with E-state index in [1.54, 1.807) is 6.07 Å². The maximum Gasteiger partial charge on any atom is 0.248 e. The Kier molecular flexibility index (Phi) is 3.91. The molecule has 1 aromatic carbocycles. The molecule has 0 N–H and O–H groups in total. The van der Waals surface area contributed by atoms with Gasteiger partial charge < -0.3 is 4.57 Å². The first kappa shape index (κ1) is 13.0. The molecule has 0 bridgehead atoms. The molecule has 96 valence electrons. The van der Waals surface area contributed by atoms with E-state index in [9.17, 15) is 9.18 Å². The quantitative estimate of drug-likeness (QED) is 0.840. The van der Waals surface area contributed by atoms with Crippen LogP contribution in [0.4, 0.5) is 4.39 Å². The Morgan fingerprint density at radius 2 is 2.22 bits per heavy atom. The maximum atomic E-state index is 13.2.